The summed E-state index contributed by atoms with van der Waals surface area (Å²) in [5.41, 5.74) is 13.6. The fraction of sp³-hybridized carbons (Fsp3) is 0.571. The Morgan fingerprint density at radius 1 is 1.10 bits per heavy atom. The molecule has 5 nitrogen and oxygen atoms in total. The van der Waals surface area contributed by atoms with Crippen LogP contribution in [0.15, 0.2) is 24.3 Å². The van der Waals surface area contributed by atoms with E-state index in [1.807, 2.05) is 18.2 Å². The zero-order valence-electron chi connectivity index (χ0n) is 12.5. The van der Waals surface area contributed by atoms with E-state index in [-0.39, 0.29) is 0 Å². The average molecular weight is 297 g/mol. The number of rotatable bonds is 10. The normalized spacial score (nSPS) is 11.6. The molecular formula is C14H27N3O2Si. The van der Waals surface area contributed by atoms with Crippen LogP contribution in [-0.2, 0) is 15.4 Å². The Labute approximate surface area is 122 Å². The van der Waals surface area contributed by atoms with Crippen molar-refractivity contribution in [2.24, 2.45) is 11.5 Å². The van der Waals surface area contributed by atoms with Crippen molar-refractivity contribution in [3.63, 3.8) is 0 Å². The maximum absolute atomic E-state index is 5.72. The molecule has 20 heavy (non-hydrogen) atoms. The fourth-order valence-corrected chi connectivity index (χ4v) is 4.68. The van der Waals surface area contributed by atoms with Crippen molar-refractivity contribution in [3.05, 3.63) is 29.8 Å². The number of para-hydroxylation sites is 1. The minimum absolute atomic E-state index is 0.547. The van der Waals surface area contributed by atoms with E-state index in [9.17, 15) is 0 Å². The van der Waals surface area contributed by atoms with Gasteiger partial charge in [-0.1, -0.05) is 18.2 Å². The molecule has 114 valence electrons. The first-order chi connectivity index (χ1) is 9.71. The highest BCUT2D eigenvalue weighted by Crippen LogP contribution is 2.20. The molecule has 0 heterocycles. The van der Waals surface area contributed by atoms with Gasteiger partial charge in [0, 0.05) is 39.0 Å². The number of hydrogen-bond acceptors (Lipinski definition) is 5. The average Bonchev–Trinajstić information content (AvgIpc) is 2.51. The monoisotopic (exact) mass is 297 g/mol. The zero-order chi connectivity index (χ0) is 14.8. The number of hydrogen-bond donors (Lipinski definition) is 3. The molecule has 1 rings (SSSR count). The predicted octanol–water partition coefficient (Wildman–Crippen LogP) is 1.64. The van der Waals surface area contributed by atoms with Crippen LogP contribution in [0, 0.1) is 0 Å². The molecular weight excluding hydrogens is 270 g/mol. The standard InChI is InChI=1S/C14H27N3O2Si/c1-18-20(19-2,11-8-15)10-5-9-17-14-7-4-3-6-13(14)12-16/h3-4,6-7,17H,5,8-12,15-16H2,1-2H3. The van der Waals surface area contributed by atoms with Crippen LogP contribution in [0.1, 0.15) is 12.0 Å². The highest BCUT2D eigenvalue weighted by atomic mass is 28.4. The minimum Gasteiger partial charge on any atom is -0.398 e. The molecule has 5 N–H and O–H groups in total. The fourth-order valence-electron chi connectivity index (χ4n) is 2.29. The first-order valence-electron chi connectivity index (χ1n) is 7.03. The third kappa shape index (κ3) is 4.88. The summed E-state index contributed by atoms with van der Waals surface area (Å²) in [5.74, 6) is 0. The van der Waals surface area contributed by atoms with Crippen molar-refractivity contribution in [2.75, 3.05) is 32.6 Å². The van der Waals surface area contributed by atoms with Crippen molar-refractivity contribution in [1.29, 1.82) is 0 Å². The lowest BCUT2D eigenvalue weighted by Crippen LogP contribution is -2.42. The molecule has 0 bridgehead atoms. The summed E-state index contributed by atoms with van der Waals surface area (Å²) >= 11 is 0. The van der Waals surface area contributed by atoms with Crippen LogP contribution >= 0.6 is 0 Å². The molecule has 0 radical (unpaired) electrons. The molecule has 0 aromatic heterocycles. The zero-order valence-corrected chi connectivity index (χ0v) is 13.5. The summed E-state index contributed by atoms with van der Waals surface area (Å²) < 4.78 is 11.2. The number of anilines is 1. The van der Waals surface area contributed by atoms with Gasteiger partial charge < -0.3 is 25.6 Å². The first kappa shape index (κ1) is 17.1. The number of benzene rings is 1. The molecule has 0 aliphatic heterocycles. The van der Waals surface area contributed by atoms with Gasteiger partial charge in [0.1, 0.15) is 0 Å². The van der Waals surface area contributed by atoms with Gasteiger partial charge in [-0.25, -0.2) is 0 Å². The van der Waals surface area contributed by atoms with Gasteiger partial charge in [-0.2, -0.15) is 0 Å². The molecule has 1 aromatic carbocycles. The van der Waals surface area contributed by atoms with Crippen LogP contribution in [0.3, 0.4) is 0 Å². The smallest absolute Gasteiger partial charge is 0.338 e. The predicted molar refractivity (Wildman–Crippen MR) is 85.9 cm³/mol. The summed E-state index contributed by atoms with van der Waals surface area (Å²) in [5, 5.41) is 3.43. The van der Waals surface area contributed by atoms with Crippen LogP contribution in [0.2, 0.25) is 12.1 Å². The van der Waals surface area contributed by atoms with Crippen LogP contribution < -0.4 is 16.8 Å². The third-order valence-electron chi connectivity index (χ3n) is 3.56. The highest BCUT2D eigenvalue weighted by Gasteiger charge is 2.33. The maximum Gasteiger partial charge on any atom is 0.338 e. The molecule has 6 heteroatoms. The Balaban J connectivity index is 2.44. The van der Waals surface area contributed by atoms with Crippen molar-refractivity contribution in [2.45, 2.75) is 25.1 Å². The van der Waals surface area contributed by atoms with Crippen molar-refractivity contribution >= 4 is 14.2 Å². The van der Waals surface area contributed by atoms with E-state index in [0.29, 0.717) is 13.1 Å². The van der Waals surface area contributed by atoms with Crippen molar-refractivity contribution < 1.29 is 8.85 Å². The van der Waals surface area contributed by atoms with E-state index in [1.165, 1.54) is 0 Å². The second kappa shape index (κ2) is 9.09. The van der Waals surface area contributed by atoms with Crippen molar-refractivity contribution in [1.82, 2.24) is 0 Å². The summed E-state index contributed by atoms with van der Waals surface area (Å²) in [4.78, 5) is 0. The van der Waals surface area contributed by atoms with E-state index in [4.69, 9.17) is 20.3 Å². The van der Waals surface area contributed by atoms with Gasteiger partial charge in [-0.05, 0) is 30.6 Å². The molecule has 0 saturated heterocycles. The van der Waals surface area contributed by atoms with E-state index in [0.717, 1.165) is 36.3 Å². The first-order valence-corrected chi connectivity index (χ1v) is 9.26. The summed E-state index contributed by atoms with van der Waals surface area (Å²) in [6, 6.07) is 9.88. The molecule has 0 fully saturated rings. The van der Waals surface area contributed by atoms with Gasteiger partial charge in [0.15, 0.2) is 0 Å². The molecule has 0 aliphatic rings. The third-order valence-corrected chi connectivity index (χ3v) is 7.21. The molecule has 0 aliphatic carbocycles. The van der Waals surface area contributed by atoms with E-state index < -0.39 is 8.56 Å². The Kier molecular flexibility index (Phi) is 7.79. The Morgan fingerprint density at radius 2 is 1.80 bits per heavy atom. The van der Waals surface area contributed by atoms with Crippen LogP contribution in [0.4, 0.5) is 5.69 Å². The topological polar surface area (TPSA) is 82.5 Å². The molecule has 0 unspecified atom stereocenters. The van der Waals surface area contributed by atoms with Crippen LogP contribution in [0.5, 0.6) is 0 Å². The van der Waals surface area contributed by atoms with E-state index in [1.54, 1.807) is 14.2 Å². The summed E-state index contributed by atoms with van der Waals surface area (Å²) in [6.45, 7) is 2.03. The second-order valence-corrected chi connectivity index (χ2v) is 8.39. The van der Waals surface area contributed by atoms with Gasteiger partial charge in [0.25, 0.3) is 0 Å². The Bertz CT molecular complexity index is 386. The number of nitrogens with two attached hydrogens (primary N) is 2. The highest BCUT2D eigenvalue weighted by molar-refractivity contribution is 6.67. The van der Waals surface area contributed by atoms with Gasteiger partial charge in [-0.15, -0.1) is 0 Å². The van der Waals surface area contributed by atoms with E-state index in [2.05, 4.69) is 11.4 Å². The second-order valence-electron chi connectivity index (χ2n) is 4.75. The molecule has 0 amide bonds. The Hall–Kier alpha value is -0.923. The number of nitrogens with one attached hydrogen (secondary N) is 1. The molecule has 0 saturated carbocycles. The van der Waals surface area contributed by atoms with Gasteiger partial charge in [-0.3, -0.25) is 0 Å². The molecule has 1 aromatic rings. The lowest BCUT2D eigenvalue weighted by atomic mass is 10.2. The van der Waals surface area contributed by atoms with E-state index >= 15 is 0 Å². The summed E-state index contributed by atoms with van der Waals surface area (Å²) in [7, 11) is 1.36. The lowest BCUT2D eigenvalue weighted by molar-refractivity contribution is 0.241. The SMILES string of the molecule is CO[Si](CCN)(CCCNc1ccccc1CN)OC. The van der Waals surface area contributed by atoms with Gasteiger partial charge in [0.2, 0.25) is 0 Å². The minimum atomic E-state index is -2.09. The van der Waals surface area contributed by atoms with Gasteiger partial charge in [0.05, 0.1) is 0 Å². The Morgan fingerprint density at radius 3 is 2.40 bits per heavy atom. The largest absolute Gasteiger partial charge is 0.398 e. The summed E-state index contributed by atoms with van der Waals surface area (Å²) in [6.07, 6.45) is 0.993. The lowest BCUT2D eigenvalue weighted by Gasteiger charge is -2.27. The van der Waals surface area contributed by atoms with Crippen LogP contribution in [0.25, 0.3) is 0 Å². The maximum atomic E-state index is 5.72. The molecule has 0 atom stereocenters. The molecule has 0 spiro atoms. The van der Waals surface area contributed by atoms with Crippen LogP contribution in [-0.4, -0.2) is 35.9 Å². The van der Waals surface area contributed by atoms with Crippen molar-refractivity contribution in [3.8, 4) is 0 Å². The quantitative estimate of drug-likeness (QED) is 0.452. The van der Waals surface area contributed by atoms with Gasteiger partial charge >= 0.3 is 8.56 Å².